The lowest BCUT2D eigenvalue weighted by atomic mass is 10.1. The van der Waals surface area contributed by atoms with Gasteiger partial charge >= 0.3 is 6.18 Å². The lowest BCUT2D eigenvalue weighted by Gasteiger charge is -2.31. The molecule has 3 rings (SSSR count). The van der Waals surface area contributed by atoms with E-state index in [4.69, 9.17) is 0 Å². The van der Waals surface area contributed by atoms with Gasteiger partial charge in [0.25, 0.3) is 0 Å². The van der Waals surface area contributed by atoms with Crippen molar-refractivity contribution in [2.75, 3.05) is 19.6 Å². The van der Waals surface area contributed by atoms with Crippen molar-refractivity contribution in [1.29, 1.82) is 0 Å². The highest BCUT2D eigenvalue weighted by Crippen LogP contribution is 2.31. The van der Waals surface area contributed by atoms with Crippen molar-refractivity contribution < 1.29 is 13.2 Å². The summed E-state index contributed by atoms with van der Waals surface area (Å²) in [5.74, 6) is 0. The van der Waals surface area contributed by atoms with Gasteiger partial charge in [0.05, 0.1) is 17.5 Å². The number of halogens is 3. The lowest BCUT2D eigenvalue weighted by molar-refractivity contribution is -0.137. The number of nitrogens with zero attached hydrogens (tertiary/aromatic N) is 2. The Kier molecular flexibility index (Phi) is 4.41. The number of rotatable bonds is 3. The minimum absolute atomic E-state index is 0.435. The van der Waals surface area contributed by atoms with E-state index in [0.717, 1.165) is 49.6 Å². The largest absolute Gasteiger partial charge is 0.416 e. The van der Waals surface area contributed by atoms with Crippen LogP contribution in [0.1, 0.15) is 18.1 Å². The van der Waals surface area contributed by atoms with Crippen LogP contribution in [-0.2, 0) is 12.7 Å². The van der Waals surface area contributed by atoms with Gasteiger partial charge in [-0.25, -0.2) is 0 Å². The summed E-state index contributed by atoms with van der Waals surface area (Å²) < 4.78 is 38.0. The van der Waals surface area contributed by atoms with E-state index in [0.29, 0.717) is 11.6 Å². The van der Waals surface area contributed by atoms with Crippen molar-refractivity contribution in [1.82, 2.24) is 20.4 Å². The molecule has 2 N–H and O–H groups in total. The maximum atomic E-state index is 12.7. The van der Waals surface area contributed by atoms with E-state index in [9.17, 15) is 13.2 Å². The van der Waals surface area contributed by atoms with Gasteiger partial charge in [0.2, 0.25) is 0 Å². The molecule has 0 spiro atoms. The minimum atomic E-state index is -4.31. The second kappa shape index (κ2) is 6.33. The molecule has 23 heavy (non-hydrogen) atoms. The molecule has 1 fully saturated rings. The third-order valence-electron chi connectivity index (χ3n) is 4.07. The number of benzene rings is 1. The average molecular weight is 324 g/mol. The Hall–Kier alpha value is -1.86. The highest BCUT2D eigenvalue weighted by atomic mass is 19.4. The lowest BCUT2D eigenvalue weighted by Crippen LogP contribution is -2.48. The van der Waals surface area contributed by atoms with Gasteiger partial charge < -0.3 is 5.32 Å². The van der Waals surface area contributed by atoms with Crippen LogP contribution in [0.15, 0.2) is 30.5 Å². The molecule has 124 valence electrons. The first-order valence-corrected chi connectivity index (χ1v) is 7.59. The van der Waals surface area contributed by atoms with Gasteiger partial charge in [0, 0.05) is 37.8 Å². The van der Waals surface area contributed by atoms with Crippen molar-refractivity contribution in [2.24, 2.45) is 0 Å². The molecule has 0 amide bonds. The molecule has 1 aromatic heterocycles. The Balaban J connectivity index is 1.78. The first-order valence-electron chi connectivity index (χ1n) is 7.59. The van der Waals surface area contributed by atoms with Gasteiger partial charge in [-0.05, 0) is 24.6 Å². The average Bonchev–Trinajstić information content (AvgIpc) is 2.94. The van der Waals surface area contributed by atoms with Gasteiger partial charge in [0.1, 0.15) is 0 Å². The van der Waals surface area contributed by atoms with Crippen LogP contribution in [0.3, 0.4) is 0 Å². The highest BCUT2D eigenvalue weighted by molar-refractivity contribution is 5.63. The molecular formula is C16H19F3N4. The van der Waals surface area contributed by atoms with Gasteiger partial charge in [-0.1, -0.05) is 12.1 Å². The van der Waals surface area contributed by atoms with E-state index >= 15 is 0 Å². The number of hydrogen-bond donors (Lipinski definition) is 2. The second-order valence-corrected chi connectivity index (χ2v) is 5.94. The predicted molar refractivity (Wildman–Crippen MR) is 81.8 cm³/mol. The summed E-state index contributed by atoms with van der Waals surface area (Å²) in [5.41, 5.74) is 1.86. The van der Waals surface area contributed by atoms with Gasteiger partial charge in [0.15, 0.2) is 0 Å². The molecule has 0 saturated carbocycles. The Morgan fingerprint density at radius 2 is 2.00 bits per heavy atom. The number of nitrogens with one attached hydrogen (secondary N) is 2. The van der Waals surface area contributed by atoms with Crippen molar-refractivity contribution in [2.45, 2.75) is 25.7 Å². The van der Waals surface area contributed by atoms with Crippen molar-refractivity contribution in [3.8, 4) is 11.3 Å². The molecule has 0 aliphatic carbocycles. The normalized spacial score (nSPS) is 19.9. The van der Waals surface area contributed by atoms with E-state index in [-0.39, 0.29) is 0 Å². The molecule has 1 aliphatic heterocycles. The van der Waals surface area contributed by atoms with Crippen LogP contribution in [-0.4, -0.2) is 40.8 Å². The SMILES string of the molecule is C[C@H]1CN(Cc2cn[nH]c2-c2ccc(C(F)(F)F)cc2)CCN1. The number of hydrogen-bond acceptors (Lipinski definition) is 3. The molecular weight excluding hydrogens is 305 g/mol. The molecule has 1 aromatic carbocycles. The number of aromatic amines is 1. The zero-order valence-electron chi connectivity index (χ0n) is 12.8. The molecule has 7 heteroatoms. The molecule has 4 nitrogen and oxygen atoms in total. The monoisotopic (exact) mass is 324 g/mol. The summed E-state index contributed by atoms with van der Waals surface area (Å²) in [7, 11) is 0. The van der Waals surface area contributed by atoms with Crippen LogP contribution in [0.2, 0.25) is 0 Å². The number of aromatic nitrogens is 2. The first-order chi connectivity index (χ1) is 10.9. The van der Waals surface area contributed by atoms with Crippen LogP contribution in [0, 0.1) is 0 Å². The molecule has 1 atom stereocenters. The fourth-order valence-corrected chi connectivity index (χ4v) is 2.90. The van der Waals surface area contributed by atoms with Gasteiger partial charge in [-0.15, -0.1) is 0 Å². The van der Waals surface area contributed by atoms with Crippen molar-refractivity contribution >= 4 is 0 Å². The van der Waals surface area contributed by atoms with E-state index in [1.807, 2.05) is 0 Å². The molecule has 2 aromatic rings. The fraction of sp³-hybridized carbons (Fsp3) is 0.438. The van der Waals surface area contributed by atoms with Gasteiger partial charge in [-0.2, -0.15) is 18.3 Å². The number of piperazine rings is 1. The van der Waals surface area contributed by atoms with Crippen molar-refractivity contribution in [3.05, 3.63) is 41.6 Å². The Labute approximate surface area is 132 Å². The summed E-state index contributed by atoms with van der Waals surface area (Å²) in [5, 5.41) is 10.4. The van der Waals surface area contributed by atoms with E-state index < -0.39 is 11.7 Å². The topological polar surface area (TPSA) is 44.0 Å². The number of alkyl halides is 3. The Morgan fingerprint density at radius 1 is 1.26 bits per heavy atom. The third-order valence-corrected chi connectivity index (χ3v) is 4.07. The zero-order valence-corrected chi connectivity index (χ0v) is 12.8. The second-order valence-electron chi connectivity index (χ2n) is 5.94. The summed E-state index contributed by atoms with van der Waals surface area (Å²) in [4.78, 5) is 2.32. The van der Waals surface area contributed by atoms with E-state index in [1.54, 1.807) is 6.20 Å². The molecule has 0 unspecified atom stereocenters. The Morgan fingerprint density at radius 3 is 2.65 bits per heavy atom. The minimum Gasteiger partial charge on any atom is -0.312 e. The molecule has 2 heterocycles. The maximum Gasteiger partial charge on any atom is 0.416 e. The third kappa shape index (κ3) is 3.73. The standard InChI is InChI=1S/C16H19F3N4/c1-11-9-23(7-6-20-11)10-13-8-21-22-15(13)12-2-4-14(5-3-12)16(17,18)19/h2-5,8,11,20H,6-7,9-10H2,1H3,(H,21,22)/t11-/m0/s1. The van der Waals surface area contributed by atoms with Crippen molar-refractivity contribution in [3.63, 3.8) is 0 Å². The molecule has 0 radical (unpaired) electrons. The van der Waals surface area contributed by atoms with E-state index in [1.165, 1.54) is 12.1 Å². The van der Waals surface area contributed by atoms with Crippen LogP contribution >= 0.6 is 0 Å². The van der Waals surface area contributed by atoms with E-state index in [2.05, 4.69) is 27.3 Å². The van der Waals surface area contributed by atoms with Crippen LogP contribution in [0.5, 0.6) is 0 Å². The quantitative estimate of drug-likeness (QED) is 0.912. The first kappa shape index (κ1) is 16.0. The fourth-order valence-electron chi connectivity index (χ4n) is 2.90. The van der Waals surface area contributed by atoms with Gasteiger partial charge in [-0.3, -0.25) is 10.00 Å². The molecule has 0 bridgehead atoms. The maximum absolute atomic E-state index is 12.7. The zero-order chi connectivity index (χ0) is 16.4. The molecule has 1 aliphatic rings. The predicted octanol–water partition coefficient (Wildman–Crippen LogP) is 2.89. The Bertz CT molecular complexity index is 648. The summed E-state index contributed by atoms with van der Waals surface area (Å²) in [6.07, 6.45) is -2.56. The van der Waals surface area contributed by atoms with Crippen LogP contribution in [0.25, 0.3) is 11.3 Å². The summed E-state index contributed by atoms with van der Waals surface area (Å²) in [6, 6.07) is 5.62. The summed E-state index contributed by atoms with van der Waals surface area (Å²) >= 11 is 0. The molecule has 1 saturated heterocycles. The summed E-state index contributed by atoms with van der Waals surface area (Å²) in [6.45, 7) is 5.70. The van der Waals surface area contributed by atoms with Crippen LogP contribution in [0.4, 0.5) is 13.2 Å². The highest BCUT2D eigenvalue weighted by Gasteiger charge is 2.30. The van der Waals surface area contributed by atoms with Crippen LogP contribution < -0.4 is 5.32 Å². The number of H-pyrrole nitrogens is 1. The smallest absolute Gasteiger partial charge is 0.312 e.